The van der Waals surface area contributed by atoms with Crippen molar-refractivity contribution >= 4 is 11.8 Å². The molecule has 1 aromatic carbocycles. The van der Waals surface area contributed by atoms with E-state index in [9.17, 15) is 18.4 Å². The number of halogens is 2. The summed E-state index contributed by atoms with van der Waals surface area (Å²) in [6, 6.07) is 4.95. The number of hydrogen-bond acceptors (Lipinski definition) is 3. The Labute approximate surface area is 155 Å². The molecule has 8 heteroatoms. The van der Waals surface area contributed by atoms with Crippen molar-refractivity contribution in [1.82, 2.24) is 20.4 Å². The van der Waals surface area contributed by atoms with Gasteiger partial charge in [-0.05, 0) is 31.9 Å². The number of alkyl halides is 2. The van der Waals surface area contributed by atoms with Crippen molar-refractivity contribution in [2.24, 2.45) is 0 Å². The predicted molar refractivity (Wildman–Crippen MR) is 95.9 cm³/mol. The minimum absolute atomic E-state index is 0.128. The number of carbonyl (C=O) groups is 2. The van der Waals surface area contributed by atoms with Crippen molar-refractivity contribution in [2.45, 2.75) is 38.2 Å². The second-order valence-corrected chi connectivity index (χ2v) is 6.87. The molecule has 1 atom stereocenters. The summed E-state index contributed by atoms with van der Waals surface area (Å²) in [4.78, 5) is 26.5. The highest BCUT2D eigenvalue weighted by atomic mass is 19.3. The fourth-order valence-corrected chi connectivity index (χ4v) is 2.80. The molecule has 3 rings (SSSR count). The van der Waals surface area contributed by atoms with Gasteiger partial charge in [0, 0.05) is 36.7 Å². The first-order chi connectivity index (χ1) is 12.9. The van der Waals surface area contributed by atoms with Gasteiger partial charge in [0.05, 0.1) is 17.5 Å². The minimum Gasteiger partial charge on any atom is -0.350 e. The summed E-state index contributed by atoms with van der Waals surface area (Å²) >= 11 is 0. The molecular weight excluding hydrogens is 354 g/mol. The van der Waals surface area contributed by atoms with E-state index < -0.39 is 6.43 Å². The van der Waals surface area contributed by atoms with Crippen LogP contribution in [0.4, 0.5) is 8.78 Å². The van der Waals surface area contributed by atoms with E-state index >= 15 is 0 Å². The molecule has 0 aliphatic heterocycles. The average molecular weight is 376 g/mol. The van der Waals surface area contributed by atoms with E-state index in [1.807, 2.05) is 6.92 Å². The van der Waals surface area contributed by atoms with Crippen LogP contribution in [-0.2, 0) is 0 Å². The molecule has 2 aromatic rings. The maximum absolute atomic E-state index is 12.7. The number of likely N-dealkylation sites (N-methyl/N-ethyl adjacent to an activating group) is 1. The number of nitrogens with zero attached hydrogens (tertiary/aromatic N) is 2. The third kappa shape index (κ3) is 4.32. The molecule has 2 amide bonds. The molecule has 2 N–H and O–H groups in total. The van der Waals surface area contributed by atoms with Gasteiger partial charge in [-0.15, -0.1) is 0 Å². The maximum Gasteiger partial charge on any atom is 0.263 e. The topological polar surface area (TPSA) is 78.1 Å². The molecule has 0 bridgehead atoms. The lowest BCUT2D eigenvalue weighted by Crippen LogP contribution is -2.43. The number of nitrogens with one attached hydrogen (secondary N) is 2. The van der Waals surface area contributed by atoms with E-state index in [1.165, 1.54) is 24.3 Å². The van der Waals surface area contributed by atoms with Crippen molar-refractivity contribution in [2.75, 3.05) is 13.6 Å². The molecule has 0 spiro atoms. The zero-order valence-corrected chi connectivity index (χ0v) is 15.2. The van der Waals surface area contributed by atoms with Gasteiger partial charge >= 0.3 is 0 Å². The number of carbonyl (C=O) groups excluding carboxylic acids is 2. The molecule has 1 heterocycles. The number of amides is 2. The lowest BCUT2D eigenvalue weighted by Gasteiger charge is -2.25. The first kappa shape index (κ1) is 19.0. The molecule has 1 aromatic heterocycles. The normalized spacial score (nSPS) is 14.9. The summed E-state index contributed by atoms with van der Waals surface area (Å²) in [5.41, 5.74) is 1.62. The average Bonchev–Trinajstić information content (AvgIpc) is 3.41. The van der Waals surface area contributed by atoms with Crippen LogP contribution in [0.5, 0.6) is 0 Å². The Bertz CT molecular complexity index is 815. The molecule has 144 valence electrons. The summed E-state index contributed by atoms with van der Waals surface area (Å²) in [7, 11) is 1.68. The van der Waals surface area contributed by atoms with Gasteiger partial charge in [-0.25, -0.2) is 8.78 Å². The maximum atomic E-state index is 12.7. The quantitative estimate of drug-likeness (QED) is 0.779. The zero-order valence-electron chi connectivity index (χ0n) is 15.2. The van der Waals surface area contributed by atoms with Crippen molar-refractivity contribution in [3.05, 3.63) is 52.8 Å². The molecule has 1 unspecified atom stereocenters. The van der Waals surface area contributed by atoms with E-state index in [2.05, 4.69) is 15.5 Å². The number of H-pyrrole nitrogens is 1. The first-order valence-electron chi connectivity index (χ1n) is 8.85. The Morgan fingerprint density at radius 1 is 1.30 bits per heavy atom. The van der Waals surface area contributed by atoms with Gasteiger partial charge in [0.25, 0.3) is 18.2 Å². The van der Waals surface area contributed by atoms with Crippen LogP contribution >= 0.6 is 0 Å². The van der Waals surface area contributed by atoms with Crippen LogP contribution in [0, 0.1) is 0 Å². The van der Waals surface area contributed by atoms with E-state index in [0.717, 1.165) is 18.5 Å². The monoisotopic (exact) mass is 376 g/mol. The van der Waals surface area contributed by atoms with Crippen LogP contribution in [0.15, 0.2) is 30.5 Å². The van der Waals surface area contributed by atoms with Gasteiger partial charge in [0.15, 0.2) is 0 Å². The van der Waals surface area contributed by atoms with Crippen molar-refractivity contribution in [3.8, 4) is 0 Å². The Morgan fingerprint density at radius 2 is 1.96 bits per heavy atom. The van der Waals surface area contributed by atoms with Gasteiger partial charge in [-0.3, -0.25) is 14.7 Å². The predicted octanol–water partition coefficient (Wildman–Crippen LogP) is 3.12. The Morgan fingerprint density at radius 3 is 2.56 bits per heavy atom. The summed E-state index contributed by atoms with van der Waals surface area (Å²) in [6.07, 6.45) is 1.09. The SMILES string of the molecule is CC(CNC(=O)c1ccc(C(F)F)cc1)N(C)C(=O)c1cn[nH]c1C1CC1. The standard InChI is InChI=1S/C19H22F2N4O2/c1-11(9-22-18(26)14-7-5-13(6-8-14)17(20)21)25(2)19(27)15-10-23-24-16(15)12-3-4-12/h5-8,10-12,17H,3-4,9H2,1-2H3,(H,22,26)(H,23,24). The fourth-order valence-electron chi connectivity index (χ4n) is 2.80. The lowest BCUT2D eigenvalue weighted by atomic mass is 10.1. The van der Waals surface area contributed by atoms with Gasteiger partial charge in [0.2, 0.25) is 0 Å². The van der Waals surface area contributed by atoms with E-state index in [-0.39, 0.29) is 30.0 Å². The van der Waals surface area contributed by atoms with Crippen LogP contribution in [0.2, 0.25) is 0 Å². The lowest BCUT2D eigenvalue weighted by molar-refractivity contribution is 0.0730. The Kier molecular flexibility index (Phi) is 5.53. The molecule has 0 radical (unpaired) electrons. The molecule has 6 nitrogen and oxygen atoms in total. The molecule has 1 fully saturated rings. The number of rotatable bonds is 7. The smallest absolute Gasteiger partial charge is 0.263 e. The highest BCUT2D eigenvalue weighted by Gasteiger charge is 2.31. The second-order valence-electron chi connectivity index (χ2n) is 6.87. The molecule has 27 heavy (non-hydrogen) atoms. The van der Waals surface area contributed by atoms with Crippen LogP contribution in [0.25, 0.3) is 0 Å². The largest absolute Gasteiger partial charge is 0.350 e. The van der Waals surface area contributed by atoms with Gasteiger partial charge < -0.3 is 10.2 Å². The van der Waals surface area contributed by atoms with E-state index in [0.29, 0.717) is 17.0 Å². The van der Waals surface area contributed by atoms with Crippen LogP contribution in [0.1, 0.15) is 64.1 Å². The summed E-state index contributed by atoms with van der Waals surface area (Å²) < 4.78 is 25.1. The third-order valence-electron chi connectivity index (χ3n) is 4.85. The molecule has 1 aliphatic rings. The minimum atomic E-state index is -2.56. The molecule has 1 aliphatic carbocycles. The van der Waals surface area contributed by atoms with E-state index in [1.54, 1.807) is 18.1 Å². The first-order valence-corrected chi connectivity index (χ1v) is 8.85. The van der Waals surface area contributed by atoms with Gasteiger partial charge in [-0.1, -0.05) is 12.1 Å². The molecule has 1 saturated carbocycles. The third-order valence-corrected chi connectivity index (χ3v) is 4.85. The molecular formula is C19H22F2N4O2. The van der Waals surface area contributed by atoms with Gasteiger partial charge in [0.1, 0.15) is 0 Å². The summed E-state index contributed by atoms with van der Waals surface area (Å²) in [6.45, 7) is 2.07. The highest BCUT2D eigenvalue weighted by molar-refractivity contribution is 5.96. The van der Waals surface area contributed by atoms with E-state index in [4.69, 9.17) is 0 Å². The number of aromatic nitrogens is 2. The fraction of sp³-hybridized carbons (Fsp3) is 0.421. The number of hydrogen-bond donors (Lipinski definition) is 2. The Balaban J connectivity index is 1.56. The van der Waals surface area contributed by atoms with Crippen LogP contribution in [0.3, 0.4) is 0 Å². The number of benzene rings is 1. The van der Waals surface area contributed by atoms with Crippen LogP contribution < -0.4 is 5.32 Å². The number of aromatic amines is 1. The van der Waals surface area contributed by atoms with Gasteiger partial charge in [-0.2, -0.15) is 5.10 Å². The van der Waals surface area contributed by atoms with Crippen molar-refractivity contribution in [1.29, 1.82) is 0 Å². The summed E-state index contributed by atoms with van der Waals surface area (Å²) in [5, 5.41) is 9.62. The second kappa shape index (κ2) is 7.85. The zero-order chi connectivity index (χ0) is 19.6. The molecule has 0 saturated heterocycles. The Hall–Kier alpha value is -2.77. The van der Waals surface area contributed by atoms with Crippen molar-refractivity contribution < 1.29 is 18.4 Å². The van der Waals surface area contributed by atoms with Crippen LogP contribution in [-0.4, -0.2) is 46.5 Å². The summed E-state index contributed by atoms with van der Waals surface area (Å²) in [5.74, 6) is -0.134. The van der Waals surface area contributed by atoms with Crippen molar-refractivity contribution in [3.63, 3.8) is 0 Å². The highest BCUT2D eigenvalue weighted by Crippen LogP contribution is 2.40.